The number of halogens is 1. The van der Waals surface area contributed by atoms with Crippen molar-refractivity contribution in [3.63, 3.8) is 0 Å². The Hall–Kier alpha value is -4.24. The minimum atomic E-state index is -1.74. The molecule has 2 N–H and O–H groups in total. The van der Waals surface area contributed by atoms with Gasteiger partial charge >= 0.3 is 0 Å². The van der Waals surface area contributed by atoms with Gasteiger partial charge in [-0.3, -0.25) is 9.59 Å². The van der Waals surface area contributed by atoms with Gasteiger partial charge in [-0.25, -0.2) is 4.39 Å². The Morgan fingerprint density at radius 1 is 0.970 bits per heavy atom. The number of carbonyl (C=O) groups excluding carboxylic acids is 2. The quantitative estimate of drug-likeness (QED) is 0.624. The average Bonchev–Trinajstić information content (AvgIpc) is 3.16. The Balaban J connectivity index is 1.81. The number of nitriles is 1. The molecule has 0 unspecified atom stereocenters. The highest BCUT2D eigenvalue weighted by Crippen LogP contribution is 2.55. The van der Waals surface area contributed by atoms with E-state index >= 15 is 0 Å². The normalized spacial score (nSPS) is 25.1. The van der Waals surface area contributed by atoms with Gasteiger partial charge in [-0.05, 0) is 29.3 Å². The number of carbonyl (C=O) groups is 2. The van der Waals surface area contributed by atoms with Gasteiger partial charge in [-0.1, -0.05) is 72.8 Å². The summed E-state index contributed by atoms with van der Waals surface area (Å²) in [7, 11) is 0. The molecule has 1 fully saturated rings. The lowest BCUT2D eigenvalue weighted by Crippen LogP contribution is -2.49. The first-order chi connectivity index (χ1) is 16.0. The van der Waals surface area contributed by atoms with Crippen LogP contribution < -0.4 is 10.6 Å². The van der Waals surface area contributed by atoms with Crippen LogP contribution in [0.2, 0.25) is 0 Å². The molecule has 5 nitrogen and oxygen atoms in total. The Kier molecular flexibility index (Phi) is 4.83. The lowest BCUT2D eigenvalue weighted by atomic mass is 9.67. The zero-order valence-corrected chi connectivity index (χ0v) is 17.6. The molecule has 2 heterocycles. The number of Topliss-reactive ketones (excluding diaryl/α,β-unsaturated/α-hetero) is 1. The van der Waals surface area contributed by atoms with Crippen LogP contribution in [0.3, 0.4) is 0 Å². The zero-order chi connectivity index (χ0) is 23.2. The van der Waals surface area contributed by atoms with E-state index < -0.39 is 35.1 Å². The van der Waals surface area contributed by atoms with E-state index in [1.54, 1.807) is 30.3 Å². The van der Waals surface area contributed by atoms with Crippen molar-refractivity contribution >= 4 is 23.5 Å². The summed E-state index contributed by atoms with van der Waals surface area (Å²) >= 11 is 0. The van der Waals surface area contributed by atoms with Gasteiger partial charge in [0.25, 0.3) is 0 Å². The van der Waals surface area contributed by atoms with Crippen LogP contribution in [0.4, 0.5) is 10.1 Å². The average molecular weight is 437 g/mol. The number of nitrogens with zero attached hydrogens (tertiary/aromatic N) is 2. The maximum absolute atomic E-state index is 14.0. The molecule has 33 heavy (non-hydrogen) atoms. The number of hydrogen-bond acceptors (Lipinski definition) is 4. The van der Waals surface area contributed by atoms with Crippen LogP contribution in [-0.2, 0) is 4.79 Å². The second kappa shape index (κ2) is 7.72. The minimum Gasteiger partial charge on any atom is -0.368 e. The van der Waals surface area contributed by atoms with Crippen molar-refractivity contribution in [3.05, 3.63) is 107 Å². The minimum absolute atomic E-state index is 0.238. The zero-order valence-electron chi connectivity index (χ0n) is 17.6. The highest BCUT2D eigenvalue weighted by atomic mass is 19.1. The number of rotatable bonds is 4. The summed E-state index contributed by atoms with van der Waals surface area (Å²) in [6, 6.07) is 22.4. The van der Waals surface area contributed by atoms with Crippen LogP contribution >= 0.6 is 0 Å². The van der Waals surface area contributed by atoms with Crippen molar-refractivity contribution in [2.75, 3.05) is 4.90 Å². The van der Waals surface area contributed by atoms with Crippen molar-refractivity contribution in [3.8, 4) is 6.07 Å². The first kappa shape index (κ1) is 20.7. The molecule has 0 aromatic heterocycles. The van der Waals surface area contributed by atoms with Crippen LogP contribution in [0.15, 0.2) is 84.9 Å². The number of nitrogens with two attached hydrogens (primary N) is 1. The molecule has 5 rings (SSSR count). The third-order valence-electron chi connectivity index (χ3n) is 6.69. The predicted octanol–water partition coefficient (Wildman–Crippen LogP) is 4.07. The van der Waals surface area contributed by atoms with E-state index in [0.29, 0.717) is 11.1 Å². The third-order valence-corrected chi connectivity index (χ3v) is 6.69. The lowest BCUT2D eigenvalue weighted by molar-refractivity contribution is -0.125. The van der Waals surface area contributed by atoms with Gasteiger partial charge in [0.2, 0.25) is 5.91 Å². The Bertz CT molecular complexity index is 1310. The molecule has 2 aliphatic rings. The molecule has 0 radical (unpaired) electrons. The topological polar surface area (TPSA) is 87.2 Å². The summed E-state index contributed by atoms with van der Waals surface area (Å²) in [5, 5.41) is 10.4. The van der Waals surface area contributed by atoms with Crippen LogP contribution in [0.1, 0.15) is 27.4 Å². The molecule has 4 atom stereocenters. The van der Waals surface area contributed by atoms with E-state index in [4.69, 9.17) is 5.73 Å². The van der Waals surface area contributed by atoms with Crippen LogP contribution in [-0.4, -0.2) is 23.8 Å². The molecule has 3 aromatic carbocycles. The van der Waals surface area contributed by atoms with Crippen molar-refractivity contribution in [2.24, 2.45) is 11.1 Å². The smallest absolute Gasteiger partial charge is 0.241 e. The van der Waals surface area contributed by atoms with Gasteiger partial charge in [0, 0.05) is 17.2 Å². The molecular formula is C27H20FN3O2. The van der Waals surface area contributed by atoms with Gasteiger partial charge in [-0.15, -0.1) is 0 Å². The Morgan fingerprint density at radius 3 is 2.30 bits per heavy atom. The summed E-state index contributed by atoms with van der Waals surface area (Å²) in [6.07, 6.45) is 3.62. The fourth-order valence-corrected chi connectivity index (χ4v) is 5.24. The van der Waals surface area contributed by atoms with Crippen LogP contribution in [0, 0.1) is 22.6 Å². The fourth-order valence-electron chi connectivity index (χ4n) is 5.24. The molecule has 162 valence electrons. The lowest BCUT2D eigenvalue weighted by Gasteiger charge is -2.36. The Morgan fingerprint density at radius 2 is 1.64 bits per heavy atom. The number of hydrogen-bond donors (Lipinski definition) is 1. The van der Waals surface area contributed by atoms with Gasteiger partial charge in [-0.2, -0.15) is 5.26 Å². The maximum Gasteiger partial charge on any atom is 0.241 e. The molecule has 0 aliphatic carbocycles. The maximum atomic E-state index is 14.0. The van der Waals surface area contributed by atoms with Gasteiger partial charge in [0.05, 0.1) is 12.1 Å². The number of fused-ring (bicyclic) bond motifs is 3. The van der Waals surface area contributed by atoms with E-state index in [1.165, 1.54) is 24.3 Å². The third kappa shape index (κ3) is 2.97. The number of anilines is 1. The van der Waals surface area contributed by atoms with Gasteiger partial charge in [0.15, 0.2) is 11.2 Å². The second-order valence-electron chi connectivity index (χ2n) is 8.32. The van der Waals surface area contributed by atoms with Crippen molar-refractivity contribution in [2.45, 2.75) is 18.0 Å². The fraction of sp³-hybridized carbons (Fsp3) is 0.148. The molecule has 6 heteroatoms. The Labute approximate surface area is 190 Å². The molecule has 3 aromatic rings. The van der Waals surface area contributed by atoms with Crippen LogP contribution in [0.5, 0.6) is 0 Å². The van der Waals surface area contributed by atoms with Gasteiger partial charge in [0.1, 0.15) is 11.9 Å². The molecule has 0 spiro atoms. The van der Waals surface area contributed by atoms with E-state index in [0.717, 1.165) is 11.3 Å². The van der Waals surface area contributed by atoms with E-state index in [2.05, 4.69) is 6.07 Å². The molecule has 1 amide bonds. The first-order valence-corrected chi connectivity index (χ1v) is 10.6. The first-order valence-electron chi connectivity index (χ1n) is 10.6. The van der Waals surface area contributed by atoms with Crippen molar-refractivity contribution in [1.29, 1.82) is 5.26 Å². The molecule has 2 aliphatic heterocycles. The van der Waals surface area contributed by atoms with Crippen LogP contribution in [0.25, 0.3) is 6.08 Å². The second-order valence-corrected chi connectivity index (χ2v) is 8.32. The largest absolute Gasteiger partial charge is 0.368 e. The monoisotopic (exact) mass is 437 g/mol. The highest BCUT2D eigenvalue weighted by molar-refractivity contribution is 6.06. The van der Waals surface area contributed by atoms with E-state index in [9.17, 15) is 19.2 Å². The van der Waals surface area contributed by atoms with E-state index in [-0.39, 0.29) is 5.78 Å². The highest BCUT2D eigenvalue weighted by Gasteiger charge is 2.65. The molecule has 0 bridgehead atoms. The molecule has 1 saturated heterocycles. The van der Waals surface area contributed by atoms with Crippen molar-refractivity contribution in [1.82, 2.24) is 0 Å². The van der Waals surface area contributed by atoms with E-state index in [1.807, 2.05) is 41.3 Å². The number of benzene rings is 3. The number of para-hydroxylation sites is 1. The summed E-state index contributed by atoms with van der Waals surface area (Å²) in [5.41, 5.74) is 6.76. The summed E-state index contributed by atoms with van der Waals surface area (Å²) in [6.45, 7) is 0. The predicted molar refractivity (Wildman–Crippen MR) is 123 cm³/mol. The summed E-state index contributed by atoms with van der Waals surface area (Å²) < 4.78 is 13.8. The SMILES string of the molecule is N#C[C@]1(C(N)=O)[C@H](c2ccc(F)cc2)[C@@H](C(=O)c2ccccc2)N2c3ccccc3C=C[C@H]21. The summed E-state index contributed by atoms with van der Waals surface area (Å²) in [5.74, 6) is -2.42. The number of amides is 1. The molecule has 0 saturated carbocycles. The standard InChI is InChI=1S/C27H20FN3O2/c28-20-13-10-18(11-14-20)23-24(25(32)19-7-2-1-3-8-19)31-21-9-5-4-6-17(21)12-15-22(31)27(23,16-29)26(30)33/h1-15,22-24H,(H2,30,33)/t22-,23+,24-,27+/m0/s1. The summed E-state index contributed by atoms with van der Waals surface area (Å²) in [4.78, 5) is 28.9. The number of primary amides is 1. The molecular weight excluding hydrogens is 417 g/mol. The number of ketones is 1. The van der Waals surface area contributed by atoms with Gasteiger partial charge < -0.3 is 10.6 Å². The van der Waals surface area contributed by atoms with Crippen molar-refractivity contribution < 1.29 is 14.0 Å².